The van der Waals surface area contributed by atoms with Crippen molar-refractivity contribution in [2.24, 2.45) is 0 Å². The Bertz CT molecular complexity index is 980. The minimum atomic E-state index is -4.54. The Kier molecular flexibility index (Phi) is 4.37. The van der Waals surface area contributed by atoms with E-state index in [-0.39, 0.29) is 23.8 Å². The summed E-state index contributed by atoms with van der Waals surface area (Å²) in [6, 6.07) is 9.69. The Morgan fingerprint density at radius 1 is 1.15 bits per heavy atom. The van der Waals surface area contributed by atoms with E-state index in [0.29, 0.717) is 5.82 Å². The Morgan fingerprint density at radius 3 is 2.78 bits per heavy atom. The number of ether oxygens (including phenoxy) is 1. The van der Waals surface area contributed by atoms with Gasteiger partial charge >= 0.3 is 6.18 Å². The van der Waals surface area contributed by atoms with E-state index in [1.54, 1.807) is 6.92 Å². The van der Waals surface area contributed by atoms with Gasteiger partial charge in [-0.05, 0) is 55.5 Å². The molecule has 140 valence electrons. The second kappa shape index (κ2) is 6.72. The van der Waals surface area contributed by atoms with Gasteiger partial charge in [-0.1, -0.05) is 23.4 Å². The number of aromatic nitrogens is 2. The van der Waals surface area contributed by atoms with Gasteiger partial charge in [0.05, 0.1) is 12.2 Å². The van der Waals surface area contributed by atoms with Gasteiger partial charge < -0.3 is 9.26 Å². The Hall–Kier alpha value is -2.83. The van der Waals surface area contributed by atoms with Crippen molar-refractivity contribution in [1.82, 2.24) is 10.1 Å². The third-order valence-electron chi connectivity index (χ3n) is 4.64. The Balaban J connectivity index is 1.73. The quantitative estimate of drug-likeness (QED) is 0.621. The van der Waals surface area contributed by atoms with Crippen LogP contribution in [-0.4, -0.2) is 16.7 Å². The summed E-state index contributed by atoms with van der Waals surface area (Å²) in [5.74, 6) is 0.231. The molecular formula is C20H17F3N2O2. The highest BCUT2D eigenvalue weighted by Gasteiger charge is 2.35. The van der Waals surface area contributed by atoms with Gasteiger partial charge in [-0.2, -0.15) is 18.2 Å². The van der Waals surface area contributed by atoms with Gasteiger partial charge in [0.2, 0.25) is 5.82 Å². The zero-order chi connectivity index (χ0) is 19.0. The van der Waals surface area contributed by atoms with Crippen molar-refractivity contribution in [2.45, 2.75) is 32.4 Å². The molecule has 1 heterocycles. The van der Waals surface area contributed by atoms with E-state index >= 15 is 0 Å². The number of alkyl halides is 3. The van der Waals surface area contributed by atoms with E-state index in [2.05, 4.69) is 16.2 Å². The molecule has 0 radical (unpaired) electrons. The number of hydrogen-bond donors (Lipinski definition) is 0. The molecule has 0 amide bonds. The molecule has 0 fully saturated rings. The summed E-state index contributed by atoms with van der Waals surface area (Å²) in [5.41, 5.74) is 2.67. The predicted octanol–water partition coefficient (Wildman–Crippen LogP) is 5.31. The third-order valence-corrected chi connectivity index (χ3v) is 4.64. The number of halogens is 3. The lowest BCUT2D eigenvalue weighted by atomic mass is 10.0. The molecule has 0 N–H and O–H groups in total. The monoisotopic (exact) mass is 374 g/mol. The highest BCUT2D eigenvalue weighted by atomic mass is 19.4. The average Bonchev–Trinajstić information content (AvgIpc) is 3.30. The highest BCUT2D eigenvalue weighted by Crippen LogP contribution is 2.39. The minimum Gasteiger partial charge on any atom is -0.493 e. The van der Waals surface area contributed by atoms with Gasteiger partial charge in [0.15, 0.2) is 0 Å². The second-order valence-electron chi connectivity index (χ2n) is 6.36. The van der Waals surface area contributed by atoms with Crippen molar-refractivity contribution in [3.8, 4) is 28.6 Å². The molecule has 1 aromatic heterocycles. The highest BCUT2D eigenvalue weighted by molar-refractivity contribution is 5.66. The first kappa shape index (κ1) is 17.6. The van der Waals surface area contributed by atoms with Gasteiger partial charge in [0.1, 0.15) is 5.75 Å². The van der Waals surface area contributed by atoms with Crippen molar-refractivity contribution in [2.75, 3.05) is 6.61 Å². The Labute approximate surface area is 154 Å². The molecule has 27 heavy (non-hydrogen) atoms. The van der Waals surface area contributed by atoms with Crippen molar-refractivity contribution < 1.29 is 22.4 Å². The van der Waals surface area contributed by atoms with Crippen LogP contribution in [0.2, 0.25) is 0 Å². The summed E-state index contributed by atoms with van der Waals surface area (Å²) in [7, 11) is 0. The smallest absolute Gasteiger partial charge is 0.419 e. The molecule has 0 unspecified atom stereocenters. The number of benzene rings is 2. The molecule has 0 bridgehead atoms. The van der Waals surface area contributed by atoms with Crippen LogP contribution in [0.25, 0.3) is 22.8 Å². The fraction of sp³-hybridized carbons (Fsp3) is 0.300. The molecule has 2 aromatic carbocycles. The molecule has 1 aliphatic carbocycles. The molecule has 0 aliphatic heterocycles. The van der Waals surface area contributed by atoms with Crippen LogP contribution >= 0.6 is 0 Å². The number of fused-ring (bicyclic) bond motifs is 1. The molecule has 7 heteroatoms. The van der Waals surface area contributed by atoms with Crippen LogP contribution < -0.4 is 4.74 Å². The van der Waals surface area contributed by atoms with E-state index in [4.69, 9.17) is 9.26 Å². The molecule has 0 saturated heterocycles. The summed E-state index contributed by atoms with van der Waals surface area (Å²) in [6.45, 7) is 1.78. The van der Waals surface area contributed by atoms with Gasteiger partial charge in [0.25, 0.3) is 5.89 Å². The fourth-order valence-electron chi connectivity index (χ4n) is 3.45. The summed E-state index contributed by atoms with van der Waals surface area (Å²) in [4.78, 5) is 4.34. The van der Waals surface area contributed by atoms with E-state index < -0.39 is 11.7 Å². The fourth-order valence-corrected chi connectivity index (χ4v) is 3.45. The van der Waals surface area contributed by atoms with Crippen LogP contribution in [0.1, 0.15) is 30.0 Å². The standard InChI is InChI=1S/C20H17F3N2O2/c1-2-26-17-10-9-13(11-16(17)20(21,22)23)19-24-18(25-27-19)15-8-4-6-12-5-3-7-14(12)15/h4,6,8-11H,2-3,5,7H2,1H3. The summed E-state index contributed by atoms with van der Waals surface area (Å²) in [5, 5.41) is 3.99. The van der Waals surface area contributed by atoms with E-state index in [9.17, 15) is 13.2 Å². The summed E-state index contributed by atoms with van der Waals surface area (Å²) in [6.07, 6.45) is -1.51. The second-order valence-corrected chi connectivity index (χ2v) is 6.36. The Morgan fingerprint density at radius 2 is 2.00 bits per heavy atom. The van der Waals surface area contributed by atoms with Crippen molar-refractivity contribution in [3.63, 3.8) is 0 Å². The first-order chi connectivity index (χ1) is 13.0. The van der Waals surface area contributed by atoms with Crippen LogP contribution in [0.4, 0.5) is 13.2 Å². The molecule has 0 spiro atoms. The molecule has 0 atom stereocenters. The maximum Gasteiger partial charge on any atom is 0.419 e. The first-order valence-electron chi connectivity index (χ1n) is 8.76. The third kappa shape index (κ3) is 3.29. The average molecular weight is 374 g/mol. The lowest BCUT2D eigenvalue weighted by molar-refractivity contribution is -0.138. The van der Waals surface area contributed by atoms with Gasteiger partial charge in [-0.3, -0.25) is 0 Å². The summed E-state index contributed by atoms with van der Waals surface area (Å²) < 4.78 is 50.4. The van der Waals surface area contributed by atoms with E-state index in [1.807, 2.05) is 12.1 Å². The normalized spacial score (nSPS) is 13.6. The van der Waals surface area contributed by atoms with Crippen LogP contribution in [0.5, 0.6) is 5.75 Å². The number of nitrogens with zero attached hydrogens (tertiary/aromatic N) is 2. The van der Waals surface area contributed by atoms with Gasteiger partial charge in [0, 0.05) is 11.1 Å². The lowest BCUT2D eigenvalue weighted by Crippen LogP contribution is -2.08. The SMILES string of the molecule is CCOc1ccc(-c2nc(-c3cccc4c3CCC4)no2)cc1C(F)(F)F. The molecule has 4 nitrogen and oxygen atoms in total. The first-order valence-corrected chi connectivity index (χ1v) is 8.76. The zero-order valence-electron chi connectivity index (χ0n) is 14.6. The van der Waals surface area contributed by atoms with Gasteiger partial charge in [-0.25, -0.2) is 0 Å². The van der Waals surface area contributed by atoms with Crippen LogP contribution in [-0.2, 0) is 19.0 Å². The molecule has 3 aromatic rings. The minimum absolute atomic E-state index is 0.0501. The van der Waals surface area contributed by atoms with E-state index in [1.165, 1.54) is 23.3 Å². The van der Waals surface area contributed by atoms with E-state index in [0.717, 1.165) is 30.9 Å². The number of hydrogen-bond acceptors (Lipinski definition) is 4. The predicted molar refractivity (Wildman–Crippen MR) is 93.4 cm³/mol. The molecule has 0 saturated carbocycles. The lowest BCUT2D eigenvalue weighted by Gasteiger charge is -2.13. The zero-order valence-corrected chi connectivity index (χ0v) is 14.6. The summed E-state index contributed by atoms with van der Waals surface area (Å²) >= 11 is 0. The van der Waals surface area contributed by atoms with Crippen molar-refractivity contribution in [1.29, 1.82) is 0 Å². The van der Waals surface area contributed by atoms with Crippen LogP contribution in [0.15, 0.2) is 40.9 Å². The molecular weight excluding hydrogens is 357 g/mol. The molecule has 1 aliphatic rings. The van der Waals surface area contributed by atoms with Crippen LogP contribution in [0.3, 0.4) is 0 Å². The maximum atomic E-state index is 13.3. The van der Waals surface area contributed by atoms with Crippen molar-refractivity contribution >= 4 is 0 Å². The van der Waals surface area contributed by atoms with Crippen LogP contribution in [0, 0.1) is 0 Å². The topological polar surface area (TPSA) is 48.2 Å². The maximum absolute atomic E-state index is 13.3. The van der Waals surface area contributed by atoms with Gasteiger partial charge in [-0.15, -0.1) is 0 Å². The number of aryl methyl sites for hydroxylation is 1. The number of rotatable bonds is 4. The molecule has 4 rings (SSSR count). The largest absolute Gasteiger partial charge is 0.493 e. The van der Waals surface area contributed by atoms with Crippen molar-refractivity contribution in [3.05, 3.63) is 53.1 Å².